The maximum absolute atomic E-state index is 11.3. The van der Waals surface area contributed by atoms with Crippen molar-refractivity contribution in [3.8, 4) is 0 Å². The molecule has 0 unspecified atom stereocenters. The quantitative estimate of drug-likeness (QED) is 0.567. The molecule has 1 aliphatic rings. The van der Waals surface area contributed by atoms with E-state index in [-0.39, 0.29) is 23.4 Å². The summed E-state index contributed by atoms with van der Waals surface area (Å²) in [4.78, 5) is 22.3. The fourth-order valence-electron chi connectivity index (χ4n) is 1.80. The van der Waals surface area contributed by atoms with Gasteiger partial charge in [-0.1, -0.05) is 13.8 Å². The number of carbonyl (C=O) groups is 2. The lowest BCUT2D eigenvalue weighted by atomic mass is 9.80. The molecule has 0 aromatic rings. The summed E-state index contributed by atoms with van der Waals surface area (Å²) in [5, 5.41) is 0. The van der Waals surface area contributed by atoms with E-state index in [2.05, 4.69) is 0 Å². The summed E-state index contributed by atoms with van der Waals surface area (Å²) in [6, 6.07) is 0. The molecule has 0 radical (unpaired) electrons. The predicted molar refractivity (Wildman–Crippen MR) is 42.3 cm³/mol. The summed E-state index contributed by atoms with van der Waals surface area (Å²) in [6.07, 6.45) is 2.29. The molecule has 2 heteroatoms. The molecule has 0 saturated heterocycles. The highest BCUT2D eigenvalue weighted by Gasteiger charge is 2.42. The number of hydrogen-bond acceptors (Lipinski definition) is 2. The third kappa shape index (κ3) is 1.22. The van der Waals surface area contributed by atoms with E-state index in [0.29, 0.717) is 6.42 Å². The van der Waals surface area contributed by atoms with Crippen molar-refractivity contribution in [2.75, 3.05) is 0 Å². The van der Waals surface area contributed by atoms with Gasteiger partial charge in [-0.05, 0) is 12.8 Å². The lowest BCUT2D eigenvalue weighted by molar-refractivity contribution is -0.126. The number of hydrogen-bond donors (Lipinski definition) is 0. The van der Waals surface area contributed by atoms with Crippen molar-refractivity contribution in [2.45, 2.75) is 39.5 Å². The molecule has 0 aromatic heterocycles. The highest BCUT2D eigenvalue weighted by atomic mass is 16.2. The van der Waals surface area contributed by atoms with E-state index in [0.717, 1.165) is 12.8 Å². The Morgan fingerprint density at radius 1 is 1.27 bits per heavy atom. The standard InChI is InChI=1S/C9H14O2/c1-3-9(4-2)6-7(10)5-8(9)11/h3-6H2,1-2H3. The third-order valence-electron chi connectivity index (χ3n) is 2.84. The Kier molecular flexibility index (Phi) is 2.12. The fourth-order valence-corrected chi connectivity index (χ4v) is 1.80. The predicted octanol–water partition coefficient (Wildman–Crippen LogP) is 1.72. The smallest absolute Gasteiger partial charge is 0.146 e. The van der Waals surface area contributed by atoms with Crippen LogP contribution in [0.25, 0.3) is 0 Å². The summed E-state index contributed by atoms with van der Waals surface area (Å²) in [5.74, 6) is 0.284. The van der Waals surface area contributed by atoms with Gasteiger partial charge in [0.2, 0.25) is 0 Å². The molecule has 0 N–H and O–H groups in total. The van der Waals surface area contributed by atoms with Crippen molar-refractivity contribution < 1.29 is 9.59 Å². The molecule has 0 aliphatic heterocycles. The second-order valence-corrected chi connectivity index (χ2v) is 3.30. The van der Waals surface area contributed by atoms with E-state index < -0.39 is 0 Å². The van der Waals surface area contributed by atoms with Crippen LogP contribution in [0.5, 0.6) is 0 Å². The summed E-state index contributed by atoms with van der Waals surface area (Å²) in [7, 11) is 0. The van der Waals surface area contributed by atoms with E-state index in [9.17, 15) is 9.59 Å². The van der Waals surface area contributed by atoms with Crippen LogP contribution in [-0.4, -0.2) is 11.6 Å². The Morgan fingerprint density at radius 2 is 1.82 bits per heavy atom. The summed E-state index contributed by atoms with van der Waals surface area (Å²) in [5.41, 5.74) is -0.281. The minimum atomic E-state index is -0.281. The van der Waals surface area contributed by atoms with E-state index >= 15 is 0 Å². The largest absolute Gasteiger partial charge is 0.299 e. The molecule has 0 atom stereocenters. The van der Waals surface area contributed by atoms with Crippen LogP contribution in [0.15, 0.2) is 0 Å². The first-order chi connectivity index (χ1) is 5.14. The lowest BCUT2D eigenvalue weighted by Gasteiger charge is -2.21. The number of ketones is 2. The molecule has 0 bridgehead atoms. The van der Waals surface area contributed by atoms with Gasteiger partial charge in [0.25, 0.3) is 0 Å². The van der Waals surface area contributed by atoms with Crippen LogP contribution in [0.1, 0.15) is 39.5 Å². The second kappa shape index (κ2) is 2.76. The average molecular weight is 154 g/mol. The SMILES string of the molecule is CCC1(CC)CC(=O)CC1=O. The van der Waals surface area contributed by atoms with Crippen LogP contribution in [0.4, 0.5) is 0 Å². The molecule has 0 heterocycles. The number of rotatable bonds is 2. The van der Waals surface area contributed by atoms with E-state index in [1.165, 1.54) is 0 Å². The maximum atomic E-state index is 11.3. The highest BCUT2D eigenvalue weighted by molar-refractivity contribution is 6.09. The molecule has 2 nitrogen and oxygen atoms in total. The van der Waals surface area contributed by atoms with Gasteiger partial charge in [0.15, 0.2) is 0 Å². The van der Waals surface area contributed by atoms with Gasteiger partial charge in [-0.2, -0.15) is 0 Å². The Hall–Kier alpha value is -0.660. The van der Waals surface area contributed by atoms with Crippen LogP contribution in [0.2, 0.25) is 0 Å². The van der Waals surface area contributed by atoms with Gasteiger partial charge in [0, 0.05) is 11.8 Å². The van der Waals surface area contributed by atoms with Crippen molar-refractivity contribution in [2.24, 2.45) is 5.41 Å². The Morgan fingerprint density at radius 3 is 2.00 bits per heavy atom. The van der Waals surface area contributed by atoms with Crippen LogP contribution < -0.4 is 0 Å². The van der Waals surface area contributed by atoms with Crippen molar-refractivity contribution in [3.63, 3.8) is 0 Å². The average Bonchev–Trinajstić information content (AvgIpc) is 2.27. The first kappa shape index (κ1) is 8.44. The second-order valence-electron chi connectivity index (χ2n) is 3.30. The highest BCUT2D eigenvalue weighted by Crippen LogP contribution is 2.38. The van der Waals surface area contributed by atoms with Crippen molar-refractivity contribution >= 4 is 11.6 Å². The minimum absolute atomic E-state index is 0.124. The molecule has 62 valence electrons. The van der Waals surface area contributed by atoms with Gasteiger partial charge in [0.05, 0.1) is 6.42 Å². The van der Waals surface area contributed by atoms with E-state index in [1.54, 1.807) is 0 Å². The van der Waals surface area contributed by atoms with Crippen molar-refractivity contribution in [1.29, 1.82) is 0 Å². The van der Waals surface area contributed by atoms with Crippen LogP contribution >= 0.6 is 0 Å². The van der Waals surface area contributed by atoms with Gasteiger partial charge >= 0.3 is 0 Å². The Bertz CT molecular complexity index is 190. The summed E-state index contributed by atoms with van der Waals surface area (Å²) < 4.78 is 0. The zero-order valence-electron chi connectivity index (χ0n) is 7.14. The zero-order chi connectivity index (χ0) is 8.48. The summed E-state index contributed by atoms with van der Waals surface area (Å²) in [6.45, 7) is 3.97. The third-order valence-corrected chi connectivity index (χ3v) is 2.84. The monoisotopic (exact) mass is 154 g/mol. The minimum Gasteiger partial charge on any atom is -0.299 e. The van der Waals surface area contributed by atoms with Gasteiger partial charge in [-0.3, -0.25) is 9.59 Å². The topological polar surface area (TPSA) is 34.1 Å². The molecular weight excluding hydrogens is 140 g/mol. The molecular formula is C9H14O2. The normalized spacial score (nSPS) is 22.7. The molecule has 0 spiro atoms. The van der Waals surface area contributed by atoms with Gasteiger partial charge in [-0.25, -0.2) is 0 Å². The molecule has 1 saturated carbocycles. The molecule has 1 fully saturated rings. The molecule has 1 aliphatic carbocycles. The fraction of sp³-hybridized carbons (Fsp3) is 0.778. The Balaban J connectivity index is 2.84. The lowest BCUT2D eigenvalue weighted by Crippen LogP contribution is -2.23. The number of Topliss-reactive ketones (excluding diaryl/α,β-unsaturated/α-hetero) is 2. The van der Waals surface area contributed by atoms with Gasteiger partial charge in [0.1, 0.15) is 11.6 Å². The van der Waals surface area contributed by atoms with Gasteiger partial charge in [-0.15, -0.1) is 0 Å². The van der Waals surface area contributed by atoms with Gasteiger partial charge < -0.3 is 0 Å². The van der Waals surface area contributed by atoms with Crippen LogP contribution in [-0.2, 0) is 9.59 Å². The molecule has 11 heavy (non-hydrogen) atoms. The number of carbonyl (C=O) groups excluding carboxylic acids is 2. The van der Waals surface area contributed by atoms with Crippen molar-refractivity contribution in [3.05, 3.63) is 0 Å². The van der Waals surface area contributed by atoms with E-state index in [4.69, 9.17) is 0 Å². The van der Waals surface area contributed by atoms with Crippen LogP contribution in [0, 0.1) is 5.41 Å². The molecule has 1 rings (SSSR count). The first-order valence-electron chi connectivity index (χ1n) is 4.19. The zero-order valence-corrected chi connectivity index (χ0v) is 7.14. The first-order valence-corrected chi connectivity index (χ1v) is 4.19. The van der Waals surface area contributed by atoms with E-state index in [1.807, 2.05) is 13.8 Å². The molecule has 0 aromatic carbocycles. The van der Waals surface area contributed by atoms with Crippen LogP contribution in [0.3, 0.4) is 0 Å². The summed E-state index contributed by atoms with van der Waals surface area (Å²) >= 11 is 0. The van der Waals surface area contributed by atoms with Crippen molar-refractivity contribution in [1.82, 2.24) is 0 Å². The maximum Gasteiger partial charge on any atom is 0.146 e. The Labute approximate surface area is 67.0 Å². The molecule has 0 amide bonds.